The van der Waals surface area contributed by atoms with Crippen LogP contribution in [0, 0.1) is 5.82 Å². The fraction of sp³-hybridized carbons (Fsp3) is 0.154. The van der Waals surface area contributed by atoms with Gasteiger partial charge in [0.25, 0.3) is 11.7 Å². The van der Waals surface area contributed by atoms with Crippen molar-refractivity contribution in [3.8, 4) is 17.2 Å². The number of benzene rings is 3. The fourth-order valence-electron chi connectivity index (χ4n) is 4.00. The quantitative estimate of drug-likeness (QED) is 0.289. The lowest BCUT2D eigenvalue weighted by Gasteiger charge is -2.26. The molecule has 7 nitrogen and oxygen atoms in total. The SMILES string of the molecule is COc1cccc(/C(O)=C2\C(=O)C(=O)N(c3ccc(F)c(Cl)c3)C2c2ccc(OC)c(OC)c2)c1. The molecule has 0 aliphatic carbocycles. The second-order valence-corrected chi connectivity index (χ2v) is 8.02. The van der Waals surface area contributed by atoms with Crippen molar-refractivity contribution >= 4 is 34.7 Å². The van der Waals surface area contributed by atoms with Crippen LogP contribution in [0.1, 0.15) is 17.2 Å². The number of aliphatic hydroxyl groups is 1. The van der Waals surface area contributed by atoms with Gasteiger partial charge in [-0.3, -0.25) is 14.5 Å². The molecule has 0 radical (unpaired) electrons. The molecule has 3 aromatic rings. The van der Waals surface area contributed by atoms with Crippen LogP contribution in [0.3, 0.4) is 0 Å². The normalized spacial score (nSPS) is 16.9. The van der Waals surface area contributed by atoms with Crippen LogP contribution in [-0.2, 0) is 9.59 Å². The van der Waals surface area contributed by atoms with Crippen molar-refractivity contribution in [1.82, 2.24) is 0 Å². The van der Waals surface area contributed by atoms with Crippen LogP contribution in [0.5, 0.6) is 17.2 Å². The highest BCUT2D eigenvalue weighted by molar-refractivity contribution is 6.51. The summed E-state index contributed by atoms with van der Waals surface area (Å²) in [6.45, 7) is 0. The minimum absolute atomic E-state index is 0.157. The largest absolute Gasteiger partial charge is 0.507 e. The van der Waals surface area contributed by atoms with Crippen molar-refractivity contribution in [1.29, 1.82) is 0 Å². The van der Waals surface area contributed by atoms with Crippen LogP contribution >= 0.6 is 11.6 Å². The number of nitrogens with zero attached hydrogens (tertiary/aromatic N) is 1. The number of carbonyl (C=O) groups is 2. The Morgan fingerprint density at radius 2 is 1.69 bits per heavy atom. The van der Waals surface area contributed by atoms with Crippen LogP contribution < -0.4 is 19.1 Å². The van der Waals surface area contributed by atoms with Gasteiger partial charge in [0.05, 0.1) is 38.0 Å². The lowest BCUT2D eigenvalue weighted by molar-refractivity contribution is -0.132. The van der Waals surface area contributed by atoms with Gasteiger partial charge in [0.15, 0.2) is 11.5 Å². The van der Waals surface area contributed by atoms with Gasteiger partial charge < -0.3 is 19.3 Å². The Labute approximate surface area is 205 Å². The number of carbonyl (C=O) groups excluding carboxylic acids is 2. The second kappa shape index (κ2) is 9.68. The average molecular weight is 498 g/mol. The molecule has 1 unspecified atom stereocenters. The number of ketones is 1. The van der Waals surface area contributed by atoms with Gasteiger partial charge in [-0.15, -0.1) is 0 Å². The molecule has 35 heavy (non-hydrogen) atoms. The fourth-order valence-corrected chi connectivity index (χ4v) is 4.17. The monoisotopic (exact) mass is 497 g/mol. The van der Waals surface area contributed by atoms with Gasteiger partial charge in [0.1, 0.15) is 17.3 Å². The average Bonchev–Trinajstić information content (AvgIpc) is 3.15. The number of aliphatic hydroxyl groups excluding tert-OH is 1. The van der Waals surface area contributed by atoms with Crippen molar-refractivity contribution in [2.75, 3.05) is 26.2 Å². The van der Waals surface area contributed by atoms with Gasteiger partial charge in [-0.05, 0) is 48.0 Å². The number of anilines is 1. The highest BCUT2D eigenvalue weighted by atomic mass is 35.5. The predicted octanol–water partition coefficient (Wildman–Crippen LogP) is 5.13. The van der Waals surface area contributed by atoms with Gasteiger partial charge >= 0.3 is 0 Å². The minimum atomic E-state index is -1.07. The summed E-state index contributed by atoms with van der Waals surface area (Å²) in [5.41, 5.74) is 0.760. The number of Topliss-reactive ketones (excluding diaryl/α,β-unsaturated/α-hetero) is 1. The summed E-state index contributed by atoms with van der Waals surface area (Å²) < 4.78 is 29.8. The molecule has 1 heterocycles. The van der Waals surface area contributed by atoms with E-state index in [1.807, 2.05) is 0 Å². The third-order valence-corrected chi connectivity index (χ3v) is 5.98. The molecule has 1 atom stereocenters. The summed E-state index contributed by atoms with van der Waals surface area (Å²) in [5, 5.41) is 11.0. The summed E-state index contributed by atoms with van der Waals surface area (Å²) in [6, 6.07) is 14.0. The van der Waals surface area contributed by atoms with E-state index in [-0.39, 0.29) is 21.8 Å². The molecule has 0 aromatic heterocycles. The third-order valence-electron chi connectivity index (χ3n) is 5.69. The summed E-state index contributed by atoms with van der Waals surface area (Å²) in [4.78, 5) is 27.7. The first-order chi connectivity index (χ1) is 16.8. The van der Waals surface area contributed by atoms with E-state index in [0.717, 1.165) is 6.07 Å². The summed E-state index contributed by atoms with van der Waals surface area (Å²) in [5.74, 6) is -1.64. The number of hydrogen-bond acceptors (Lipinski definition) is 6. The van der Waals surface area contributed by atoms with Crippen LogP contribution in [0.2, 0.25) is 5.02 Å². The molecule has 0 spiro atoms. The van der Waals surface area contributed by atoms with E-state index in [0.29, 0.717) is 22.8 Å². The lowest BCUT2D eigenvalue weighted by Crippen LogP contribution is -2.29. The zero-order chi connectivity index (χ0) is 25.3. The van der Waals surface area contributed by atoms with Crippen molar-refractivity contribution < 1.29 is 33.3 Å². The Morgan fingerprint density at radius 1 is 0.943 bits per heavy atom. The van der Waals surface area contributed by atoms with E-state index < -0.39 is 29.3 Å². The van der Waals surface area contributed by atoms with E-state index in [1.54, 1.807) is 42.5 Å². The highest BCUT2D eigenvalue weighted by Crippen LogP contribution is 2.44. The van der Waals surface area contributed by atoms with Crippen molar-refractivity contribution in [3.05, 3.63) is 88.2 Å². The van der Waals surface area contributed by atoms with Crippen LogP contribution in [0.4, 0.5) is 10.1 Å². The van der Waals surface area contributed by atoms with Gasteiger partial charge in [0, 0.05) is 11.3 Å². The summed E-state index contributed by atoms with van der Waals surface area (Å²) >= 11 is 5.98. The summed E-state index contributed by atoms with van der Waals surface area (Å²) in [7, 11) is 4.40. The Kier molecular flexibility index (Phi) is 6.66. The number of amides is 1. The number of methoxy groups -OCH3 is 3. The van der Waals surface area contributed by atoms with Crippen molar-refractivity contribution in [2.24, 2.45) is 0 Å². The molecule has 9 heteroatoms. The Balaban J connectivity index is 1.98. The molecular formula is C26H21ClFNO6. The van der Waals surface area contributed by atoms with E-state index in [2.05, 4.69) is 0 Å². The summed E-state index contributed by atoms with van der Waals surface area (Å²) in [6.07, 6.45) is 0. The van der Waals surface area contributed by atoms with E-state index in [9.17, 15) is 19.1 Å². The topological polar surface area (TPSA) is 85.3 Å². The zero-order valence-corrected chi connectivity index (χ0v) is 19.8. The molecular weight excluding hydrogens is 477 g/mol. The van der Waals surface area contributed by atoms with Crippen LogP contribution in [0.15, 0.2) is 66.2 Å². The molecule has 0 bridgehead atoms. The molecule has 4 rings (SSSR count). The number of ether oxygens (including phenoxy) is 3. The molecule has 1 aliphatic heterocycles. The minimum Gasteiger partial charge on any atom is -0.507 e. The number of halogens is 2. The maximum atomic E-state index is 13.9. The van der Waals surface area contributed by atoms with E-state index in [1.165, 1.54) is 38.4 Å². The maximum Gasteiger partial charge on any atom is 0.300 e. The molecule has 180 valence electrons. The maximum absolute atomic E-state index is 13.9. The van der Waals surface area contributed by atoms with Gasteiger partial charge in [-0.1, -0.05) is 29.8 Å². The number of rotatable bonds is 6. The Morgan fingerprint density at radius 3 is 2.34 bits per heavy atom. The van der Waals surface area contributed by atoms with Crippen molar-refractivity contribution in [2.45, 2.75) is 6.04 Å². The van der Waals surface area contributed by atoms with Crippen molar-refractivity contribution in [3.63, 3.8) is 0 Å². The standard InChI is InChI=1S/C26H21ClFNO6/c1-33-17-6-4-5-15(11-17)24(30)22-23(14-7-10-20(34-2)21(12-14)35-3)29(26(32)25(22)31)16-8-9-19(28)18(27)13-16/h4-13,23,30H,1-3H3/b24-22+. The van der Waals surface area contributed by atoms with Gasteiger partial charge in [-0.2, -0.15) is 0 Å². The molecule has 0 saturated carbocycles. The first kappa shape index (κ1) is 24.1. The van der Waals surface area contributed by atoms with Crippen LogP contribution in [0.25, 0.3) is 5.76 Å². The predicted molar refractivity (Wildman–Crippen MR) is 129 cm³/mol. The molecule has 1 aliphatic rings. The lowest BCUT2D eigenvalue weighted by atomic mass is 9.94. The first-order valence-electron chi connectivity index (χ1n) is 10.4. The molecule has 1 amide bonds. The third kappa shape index (κ3) is 4.28. The molecule has 1 N–H and O–H groups in total. The zero-order valence-electron chi connectivity index (χ0n) is 19.0. The molecule has 1 saturated heterocycles. The molecule has 1 fully saturated rings. The van der Waals surface area contributed by atoms with E-state index >= 15 is 0 Å². The first-order valence-corrected chi connectivity index (χ1v) is 10.8. The Hall–Kier alpha value is -4.04. The Bertz CT molecular complexity index is 1360. The van der Waals surface area contributed by atoms with E-state index in [4.69, 9.17) is 25.8 Å². The molecule has 3 aromatic carbocycles. The van der Waals surface area contributed by atoms with Crippen LogP contribution in [-0.4, -0.2) is 38.1 Å². The van der Waals surface area contributed by atoms with Gasteiger partial charge in [-0.25, -0.2) is 4.39 Å². The smallest absolute Gasteiger partial charge is 0.300 e. The number of hydrogen-bond donors (Lipinski definition) is 1. The second-order valence-electron chi connectivity index (χ2n) is 7.61. The van der Waals surface area contributed by atoms with Gasteiger partial charge in [0.2, 0.25) is 0 Å². The highest BCUT2D eigenvalue weighted by Gasteiger charge is 2.47.